The average Bonchev–Trinajstić information content (AvgIpc) is 2.57. The van der Waals surface area contributed by atoms with Crippen LogP contribution in [0, 0.1) is 10.1 Å². The highest BCUT2D eigenvalue weighted by atomic mass is 35.5. The van der Waals surface area contributed by atoms with Crippen LogP contribution in [0.1, 0.15) is 0 Å². The number of carbonyl (C=O) groups is 1. The molecule has 1 aromatic rings. The first kappa shape index (κ1) is 19.4. The maximum absolute atomic E-state index is 12.4. The highest BCUT2D eigenvalue weighted by Gasteiger charge is 2.23. The molecule has 10 heteroatoms. The molecular weight excluding hydrogens is 366 g/mol. The number of benzene rings is 1. The SMILES string of the molecule is CN(CC(=O)N1CC[NH+](C)CC1)C(=S)Nc1cc([N+](=O)[O-])ccc1Cl. The highest BCUT2D eigenvalue weighted by Crippen LogP contribution is 2.26. The first-order chi connectivity index (χ1) is 11.8. The van der Waals surface area contributed by atoms with Gasteiger partial charge in [-0.1, -0.05) is 11.6 Å². The Morgan fingerprint density at radius 1 is 1.48 bits per heavy atom. The van der Waals surface area contributed by atoms with Gasteiger partial charge in [0.15, 0.2) is 5.11 Å². The van der Waals surface area contributed by atoms with Crippen LogP contribution in [0.25, 0.3) is 0 Å². The van der Waals surface area contributed by atoms with Crippen molar-refractivity contribution in [2.24, 2.45) is 0 Å². The van der Waals surface area contributed by atoms with Crippen LogP contribution in [-0.2, 0) is 4.79 Å². The van der Waals surface area contributed by atoms with Gasteiger partial charge in [0.05, 0.1) is 55.4 Å². The monoisotopic (exact) mass is 386 g/mol. The number of carbonyl (C=O) groups excluding carboxylic acids is 1. The predicted octanol–water partition coefficient (Wildman–Crippen LogP) is 0.234. The number of quaternary nitrogens is 1. The molecule has 8 nitrogen and oxygen atoms in total. The van der Waals surface area contributed by atoms with Gasteiger partial charge in [0.2, 0.25) is 5.91 Å². The van der Waals surface area contributed by atoms with Crippen LogP contribution in [-0.4, -0.2) is 72.6 Å². The summed E-state index contributed by atoms with van der Waals surface area (Å²) in [5, 5.41) is 14.3. The Morgan fingerprint density at radius 2 is 2.12 bits per heavy atom. The molecule has 0 aromatic heterocycles. The second kappa shape index (κ2) is 8.41. The van der Waals surface area contributed by atoms with Crippen molar-refractivity contribution < 1.29 is 14.6 Å². The fourth-order valence-electron chi connectivity index (χ4n) is 2.45. The summed E-state index contributed by atoms with van der Waals surface area (Å²) in [5.74, 6) is 0.00397. The Bertz CT molecular complexity index is 679. The van der Waals surface area contributed by atoms with E-state index in [0.717, 1.165) is 26.2 Å². The van der Waals surface area contributed by atoms with E-state index in [1.807, 2.05) is 4.90 Å². The number of amides is 1. The van der Waals surface area contributed by atoms with Crippen molar-refractivity contribution in [3.05, 3.63) is 33.3 Å². The Balaban J connectivity index is 1.95. The minimum atomic E-state index is -0.507. The molecular formula is C15H21ClN5O3S+. The van der Waals surface area contributed by atoms with Crippen LogP contribution in [0.3, 0.4) is 0 Å². The topological polar surface area (TPSA) is 83.2 Å². The quantitative estimate of drug-likeness (QED) is 0.438. The van der Waals surface area contributed by atoms with Crippen molar-refractivity contribution >= 4 is 46.2 Å². The molecule has 2 rings (SSSR count). The molecule has 1 amide bonds. The number of nitrogens with zero attached hydrogens (tertiary/aromatic N) is 3. The van der Waals surface area contributed by atoms with Gasteiger partial charge in [-0.2, -0.15) is 0 Å². The highest BCUT2D eigenvalue weighted by molar-refractivity contribution is 7.80. The summed E-state index contributed by atoms with van der Waals surface area (Å²) in [7, 11) is 3.80. The number of nitro groups is 1. The van der Waals surface area contributed by atoms with Gasteiger partial charge >= 0.3 is 0 Å². The summed E-state index contributed by atoms with van der Waals surface area (Å²) < 4.78 is 0. The van der Waals surface area contributed by atoms with Gasteiger partial charge in [-0.25, -0.2) is 0 Å². The molecule has 0 spiro atoms. The van der Waals surface area contributed by atoms with Crippen LogP contribution in [0.2, 0.25) is 5.02 Å². The number of piperazine rings is 1. The molecule has 25 heavy (non-hydrogen) atoms. The Morgan fingerprint density at radius 3 is 2.72 bits per heavy atom. The van der Waals surface area contributed by atoms with E-state index in [-0.39, 0.29) is 23.3 Å². The standard InChI is InChI=1S/C15H20ClN5O3S/c1-18-5-7-20(8-6-18)14(22)10-19(2)15(25)17-13-9-11(21(23)24)3-4-12(13)16/h3-4,9H,5-8,10H2,1-2H3,(H,17,25)/p+1. The number of hydrogen-bond donors (Lipinski definition) is 2. The number of hydrogen-bond acceptors (Lipinski definition) is 4. The van der Waals surface area contributed by atoms with E-state index >= 15 is 0 Å². The molecule has 1 aliphatic heterocycles. The minimum Gasteiger partial charge on any atom is -0.343 e. The molecule has 0 bridgehead atoms. The van der Waals surface area contributed by atoms with Crippen molar-refractivity contribution in [1.29, 1.82) is 0 Å². The normalized spacial score (nSPS) is 14.9. The number of anilines is 1. The van der Waals surface area contributed by atoms with Crippen molar-refractivity contribution in [2.45, 2.75) is 0 Å². The maximum atomic E-state index is 12.4. The summed E-state index contributed by atoms with van der Waals surface area (Å²) >= 11 is 11.3. The van der Waals surface area contributed by atoms with E-state index in [2.05, 4.69) is 12.4 Å². The summed E-state index contributed by atoms with van der Waals surface area (Å²) in [6.45, 7) is 3.46. The van der Waals surface area contributed by atoms with Crippen molar-refractivity contribution in [2.75, 3.05) is 52.1 Å². The second-order valence-corrected chi connectivity index (χ2v) is 6.84. The fourth-order valence-corrected chi connectivity index (χ4v) is 2.79. The Hall–Kier alpha value is -1.97. The number of thiocarbonyl (C=S) groups is 1. The van der Waals surface area contributed by atoms with E-state index in [4.69, 9.17) is 23.8 Å². The molecule has 0 unspecified atom stereocenters. The first-order valence-corrected chi connectivity index (χ1v) is 8.61. The number of rotatable bonds is 4. The second-order valence-electron chi connectivity index (χ2n) is 6.05. The van der Waals surface area contributed by atoms with Crippen LogP contribution < -0.4 is 10.2 Å². The largest absolute Gasteiger partial charge is 0.343 e. The zero-order chi connectivity index (χ0) is 18.6. The Labute approximate surface area is 156 Å². The molecule has 136 valence electrons. The van der Waals surface area contributed by atoms with Gasteiger partial charge in [0.25, 0.3) is 5.69 Å². The van der Waals surface area contributed by atoms with Crippen molar-refractivity contribution in [3.63, 3.8) is 0 Å². The summed E-state index contributed by atoms with van der Waals surface area (Å²) in [4.78, 5) is 27.5. The third-order valence-electron chi connectivity index (χ3n) is 4.09. The molecule has 1 aromatic carbocycles. The molecule has 1 aliphatic rings. The maximum Gasteiger partial charge on any atom is 0.271 e. The number of non-ortho nitro benzene ring substituents is 1. The van der Waals surface area contributed by atoms with Crippen LogP contribution in [0.4, 0.5) is 11.4 Å². The number of nitrogens with one attached hydrogen (secondary N) is 2. The number of halogens is 1. The van der Waals surface area contributed by atoms with E-state index in [1.54, 1.807) is 11.9 Å². The van der Waals surface area contributed by atoms with Crippen LogP contribution in [0.5, 0.6) is 0 Å². The molecule has 1 fully saturated rings. The Kier molecular flexibility index (Phi) is 6.51. The number of likely N-dealkylation sites (N-methyl/N-ethyl adjacent to an activating group) is 2. The van der Waals surface area contributed by atoms with Crippen LogP contribution in [0.15, 0.2) is 18.2 Å². The summed E-state index contributed by atoms with van der Waals surface area (Å²) in [6.07, 6.45) is 0. The minimum absolute atomic E-state index is 0.00397. The van der Waals surface area contributed by atoms with E-state index < -0.39 is 4.92 Å². The summed E-state index contributed by atoms with van der Waals surface area (Å²) in [5.41, 5.74) is 0.247. The molecule has 2 N–H and O–H groups in total. The average molecular weight is 387 g/mol. The van der Waals surface area contributed by atoms with Crippen LogP contribution >= 0.6 is 23.8 Å². The lowest BCUT2D eigenvalue weighted by Gasteiger charge is -2.31. The number of nitro benzene ring substituents is 1. The summed E-state index contributed by atoms with van der Waals surface area (Å²) in [6, 6.07) is 4.06. The van der Waals surface area contributed by atoms with Gasteiger partial charge in [-0.05, 0) is 18.3 Å². The van der Waals surface area contributed by atoms with Gasteiger partial charge in [0, 0.05) is 19.2 Å². The molecule has 0 radical (unpaired) electrons. The van der Waals surface area contributed by atoms with Gasteiger partial charge in [-0.15, -0.1) is 0 Å². The molecule has 0 saturated carbocycles. The molecule has 0 atom stereocenters. The van der Waals surface area contributed by atoms with E-state index in [1.165, 1.54) is 23.1 Å². The third kappa shape index (κ3) is 5.25. The smallest absolute Gasteiger partial charge is 0.271 e. The van der Waals surface area contributed by atoms with Gasteiger partial charge in [-0.3, -0.25) is 14.9 Å². The van der Waals surface area contributed by atoms with E-state index in [9.17, 15) is 14.9 Å². The molecule has 1 heterocycles. The zero-order valence-electron chi connectivity index (χ0n) is 14.1. The van der Waals surface area contributed by atoms with E-state index in [0.29, 0.717) is 10.7 Å². The van der Waals surface area contributed by atoms with Gasteiger partial charge in [0.1, 0.15) is 0 Å². The first-order valence-electron chi connectivity index (χ1n) is 7.83. The lowest BCUT2D eigenvalue weighted by molar-refractivity contribution is -0.883. The van der Waals surface area contributed by atoms with Gasteiger partial charge < -0.3 is 20.0 Å². The van der Waals surface area contributed by atoms with Crippen molar-refractivity contribution in [3.8, 4) is 0 Å². The lowest BCUT2D eigenvalue weighted by Crippen LogP contribution is -3.12. The fraction of sp³-hybridized carbons (Fsp3) is 0.467. The molecule has 1 saturated heterocycles. The lowest BCUT2D eigenvalue weighted by atomic mass is 10.3. The predicted molar refractivity (Wildman–Crippen MR) is 100 cm³/mol. The zero-order valence-corrected chi connectivity index (χ0v) is 15.7. The molecule has 0 aliphatic carbocycles. The third-order valence-corrected chi connectivity index (χ3v) is 4.83. The van der Waals surface area contributed by atoms with Crippen molar-refractivity contribution in [1.82, 2.24) is 9.80 Å².